The van der Waals surface area contributed by atoms with E-state index in [4.69, 9.17) is 9.47 Å². The normalized spacial score (nSPS) is 10.6. The maximum absolute atomic E-state index is 5.33. The van der Waals surface area contributed by atoms with Crippen molar-refractivity contribution in [3.05, 3.63) is 18.5 Å². The van der Waals surface area contributed by atoms with E-state index >= 15 is 0 Å². The number of hydrogen-bond donors (Lipinski definition) is 1. The minimum atomic E-state index is 0.499. The lowest BCUT2D eigenvalue weighted by Crippen LogP contribution is -2.05. The average molecular weight is 193 g/mol. The topological polar surface area (TPSA) is 60.0 Å². The second kappa shape index (κ2) is 4.06. The number of pyridine rings is 1. The van der Waals surface area contributed by atoms with Crippen molar-refractivity contribution in [2.45, 2.75) is 0 Å². The predicted molar refractivity (Wildman–Crippen MR) is 51.3 cm³/mol. The molecular weight excluding hydrogens is 182 g/mol. The molecule has 2 aromatic heterocycles. The van der Waals surface area contributed by atoms with Crippen molar-refractivity contribution in [3.63, 3.8) is 0 Å². The highest BCUT2D eigenvalue weighted by Gasteiger charge is 2.00. The summed E-state index contributed by atoms with van der Waals surface area (Å²) in [5.41, 5.74) is 1.57. The number of ether oxygens (including phenoxy) is 2. The molecule has 74 valence electrons. The standard InChI is InChI=1S/C9H11N3O2/c1-13-4-5-14-8-3-2-7-9(12-8)11-6-10-7/h2-3,6H,4-5H2,1H3,(H,10,11,12). The lowest BCUT2D eigenvalue weighted by Gasteiger charge is -2.03. The summed E-state index contributed by atoms with van der Waals surface area (Å²) in [4.78, 5) is 11.2. The second-order valence-corrected chi connectivity index (χ2v) is 2.76. The minimum Gasteiger partial charge on any atom is -0.475 e. The highest BCUT2D eigenvalue weighted by molar-refractivity contribution is 5.70. The molecule has 2 aromatic rings. The van der Waals surface area contributed by atoms with Crippen LogP contribution in [0.4, 0.5) is 0 Å². The van der Waals surface area contributed by atoms with Gasteiger partial charge in [-0.05, 0) is 6.07 Å². The van der Waals surface area contributed by atoms with Gasteiger partial charge < -0.3 is 14.5 Å². The van der Waals surface area contributed by atoms with Crippen molar-refractivity contribution in [1.29, 1.82) is 0 Å². The number of nitrogens with one attached hydrogen (secondary N) is 1. The van der Waals surface area contributed by atoms with E-state index < -0.39 is 0 Å². The van der Waals surface area contributed by atoms with Crippen LogP contribution < -0.4 is 4.74 Å². The van der Waals surface area contributed by atoms with E-state index in [1.54, 1.807) is 19.5 Å². The first-order valence-corrected chi connectivity index (χ1v) is 4.32. The quantitative estimate of drug-likeness (QED) is 0.735. The predicted octanol–water partition coefficient (Wildman–Crippen LogP) is 0.983. The number of methoxy groups -OCH3 is 1. The van der Waals surface area contributed by atoms with Gasteiger partial charge in [0.15, 0.2) is 5.65 Å². The van der Waals surface area contributed by atoms with Crippen molar-refractivity contribution >= 4 is 11.2 Å². The number of nitrogens with zero attached hydrogens (tertiary/aromatic N) is 2. The van der Waals surface area contributed by atoms with Gasteiger partial charge in [0.25, 0.3) is 0 Å². The first-order chi connectivity index (χ1) is 6.90. The van der Waals surface area contributed by atoms with Gasteiger partial charge in [0.05, 0.1) is 18.5 Å². The van der Waals surface area contributed by atoms with E-state index in [1.807, 2.05) is 6.07 Å². The number of H-pyrrole nitrogens is 1. The Hall–Kier alpha value is -1.62. The summed E-state index contributed by atoms with van der Waals surface area (Å²) < 4.78 is 10.2. The van der Waals surface area contributed by atoms with Gasteiger partial charge in [-0.15, -0.1) is 0 Å². The lowest BCUT2D eigenvalue weighted by atomic mass is 10.4. The van der Waals surface area contributed by atoms with Gasteiger partial charge >= 0.3 is 0 Å². The van der Waals surface area contributed by atoms with Gasteiger partial charge in [0.2, 0.25) is 5.88 Å². The molecule has 0 amide bonds. The molecule has 0 bridgehead atoms. The Morgan fingerprint density at radius 1 is 1.36 bits per heavy atom. The largest absolute Gasteiger partial charge is 0.475 e. The summed E-state index contributed by atoms with van der Waals surface area (Å²) in [6, 6.07) is 3.69. The summed E-state index contributed by atoms with van der Waals surface area (Å²) in [7, 11) is 1.63. The molecule has 0 aliphatic rings. The monoisotopic (exact) mass is 193 g/mol. The summed E-state index contributed by atoms with van der Waals surface area (Å²) >= 11 is 0. The first-order valence-electron chi connectivity index (χ1n) is 4.32. The van der Waals surface area contributed by atoms with Gasteiger partial charge in [-0.3, -0.25) is 0 Å². The number of aromatic nitrogens is 3. The molecule has 5 nitrogen and oxygen atoms in total. The van der Waals surface area contributed by atoms with Crippen LogP contribution in [0.1, 0.15) is 0 Å². The Balaban J connectivity index is 2.10. The molecule has 0 saturated carbocycles. The van der Waals surface area contributed by atoms with E-state index in [-0.39, 0.29) is 0 Å². The van der Waals surface area contributed by atoms with Crippen LogP contribution in [-0.4, -0.2) is 35.3 Å². The highest BCUT2D eigenvalue weighted by Crippen LogP contribution is 2.12. The van der Waals surface area contributed by atoms with Gasteiger partial charge in [-0.1, -0.05) is 0 Å². The van der Waals surface area contributed by atoms with Gasteiger partial charge in [-0.25, -0.2) is 4.98 Å². The number of rotatable bonds is 4. The number of imidazole rings is 1. The molecule has 1 N–H and O–H groups in total. The zero-order valence-corrected chi connectivity index (χ0v) is 7.86. The molecule has 0 atom stereocenters. The Morgan fingerprint density at radius 3 is 3.14 bits per heavy atom. The van der Waals surface area contributed by atoms with E-state index in [0.29, 0.717) is 24.7 Å². The molecule has 0 aliphatic heterocycles. The van der Waals surface area contributed by atoms with E-state index in [2.05, 4.69) is 15.0 Å². The first kappa shape index (κ1) is 8.96. The highest BCUT2D eigenvalue weighted by atomic mass is 16.5. The van der Waals surface area contributed by atoms with E-state index in [1.165, 1.54) is 0 Å². The van der Waals surface area contributed by atoms with Crippen LogP contribution in [0.3, 0.4) is 0 Å². The fourth-order valence-corrected chi connectivity index (χ4v) is 1.12. The third kappa shape index (κ3) is 1.82. The molecule has 0 aromatic carbocycles. The van der Waals surface area contributed by atoms with Crippen molar-refractivity contribution in [2.75, 3.05) is 20.3 Å². The van der Waals surface area contributed by atoms with Gasteiger partial charge in [0.1, 0.15) is 6.61 Å². The summed E-state index contributed by atoms with van der Waals surface area (Å²) in [5, 5.41) is 0. The lowest BCUT2D eigenvalue weighted by molar-refractivity contribution is 0.144. The molecule has 0 spiro atoms. The Bertz CT molecular complexity index is 413. The third-order valence-electron chi connectivity index (χ3n) is 1.79. The summed E-state index contributed by atoms with van der Waals surface area (Å²) in [6.07, 6.45) is 1.61. The number of fused-ring (bicyclic) bond motifs is 1. The average Bonchev–Trinajstić information content (AvgIpc) is 2.65. The molecule has 5 heteroatoms. The fraction of sp³-hybridized carbons (Fsp3) is 0.333. The summed E-state index contributed by atoms with van der Waals surface area (Å²) in [6.45, 7) is 1.06. The van der Waals surface area contributed by atoms with Crippen LogP contribution in [0.15, 0.2) is 18.5 Å². The van der Waals surface area contributed by atoms with Crippen molar-refractivity contribution in [2.24, 2.45) is 0 Å². The molecule has 0 unspecified atom stereocenters. The van der Waals surface area contributed by atoms with Crippen LogP contribution in [-0.2, 0) is 4.74 Å². The van der Waals surface area contributed by atoms with Crippen LogP contribution in [0.5, 0.6) is 5.88 Å². The van der Waals surface area contributed by atoms with Crippen LogP contribution in [0.25, 0.3) is 11.2 Å². The van der Waals surface area contributed by atoms with Crippen LogP contribution >= 0.6 is 0 Å². The van der Waals surface area contributed by atoms with Crippen LogP contribution in [0.2, 0.25) is 0 Å². The second-order valence-electron chi connectivity index (χ2n) is 2.76. The molecule has 14 heavy (non-hydrogen) atoms. The Kier molecular flexibility index (Phi) is 2.60. The molecule has 0 saturated heterocycles. The Morgan fingerprint density at radius 2 is 2.29 bits per heavy atom. The number of aromatic amines is 1. The third-order valence-corrected chi connectivity index (χ3v) is 1.79. The summed E-state index contributed by atoms with van der Waals surface area (Å²) in [5.74, 6) is 0.571. The zero-order chi connectivity index (χ0) is 9.80. The molecule has 2 heterocycles. The van der Waals surface area contributed by atoms with E-state index in [9.17, 15) is 0 Å². The molecular formula is C9H11N3O2. The van der Waals surface area contributed by atoms with Gasteiger partial charge in [0, 0.05) is 13.2 Å². The zero-order valence-electron chi connectivity index (χ0n) is 7.86. The maximum Gasteiger partial charge on any atom is 0.215 e. The van der Waals surface area contributed by atoms with Crippen molar-refractivity contribution < 1.29 is 9.47 Å². The molecule has 0 aliphatic carbocycles. The molecule has 0 fully saturated rings. The smallest absolute Gasteiger partial charge is 0.215 e. The Labute approximate surface area is 81.1 Å². The van der Waals surface area contributed by atoms with Crippen molar-refractivity contribution in [1.82, 2.24) is 15.0 Å². The SMILES string of the molecule is COCCOc1ccc2[nH]cnc2n1. The fourth-order valence-electron chi connectivity index (χ4n) is 1.12. The number of hydrogen-bond acceptors (Lipinski definition) is 4. The van der Waals surface area contributed by atoms with E-state index in [0.717, 1.165) is 5.52 Å². The molecule has 0 radical (unpaired) electrons. The maximum atomic E-state index is 5.33. The minimum absolute atomic E-state index is 0.499. The van der Waals surface area contributed by atoms with Crippen LogP contribution in [0, 0.1) is 0 Å². The van der Waals surface area contributed by atoms with Gasteiger partial charge in [-0.2, -0.15) is 4.98 Å². The van der Waals surface area contributed by atoms with Crippen molar-refractivity contribution in [3.8, 4) is 5.88 Å². The molecule has 2 rings (SSSR count).